The number of amidine groups is 1. The number of aliphatic imine (C=N–C) groups is 4. The Kier molecular flexibility index (Phi) is 1.40. The molecule has 0 radical (unpaired) electrons. The Morgan fingerprint density at radius 2 is 2.18 bits per heavy atom. The summed E-state index contributed by atoms with van der Waals surface area (Å²) in [6.45, 7) is 0. The second kappa shape index (κ2) is 2.18. The van der Waals surface area contributed by atoms with E-state index in [-0.39, 0.29) is 0 Å². The minimum atomic E-state index is -0.976. The van der Waals surface area contributed by atoms with Gasteiger partial charge in [-0.05, 0) is 0 Å². The van der Waals surface area contributed by atoms with E-state index in [2.05, 4.69) is 45.2 Å². The van der Waals surface area contributed by atoms with E-state index in [1.165, 1.54) is 6.34 Å². The molecule has 0 aromatic heterocycles. The molecule has 56 valence electrons. The van der Waals surface area contributed by atoms with Crippen LogP contribution in [0.4, 0.5) is 0 Å². The largest absolute Gasteiger partial charge is 0.242 e. The maximum absolute atomic E-state index is 4.05. The molecule has 0 N–H and O–H groups in total. The fraction of sp³-hybridized carbons (Fsp3) is 0.200. The lowest BCUT2D eigenvalue weighted by atomic mass is 10.3. The molecule has 0 fully saturated rings. The third-order valence-corrected chi connectivity index (χ3v) is 1.65. The monoisotopic (exact) mass is 184 g/mol. The van der Waals surface area contributed by atoms with Crippen molar-refractivity contribution in [3.05, 3.63) is 0 Å². The standard InChI is InChI=1S/C5H4N4S2/c10-5(11)8-1-3-4(9-5)7-2-6-3/h1-2,10-11H. The number of hydrogen-bond donors (Lipinski definition) is 2. The first-order valence-corrected chi connectivity index (χ1v) is 3.77. The Morgan fingerprint density at radius 1 is 1.36 bits per heavy atom. The average molecular weight is 184 g/mol. The zero-order chi connectivity index (χ0) is 7.90. The highest BCUT2D eigenvalue weighted by Gasteiger charge is 2.25. The van der Waals surface area contributed by atoms with Gasteiger partial charge in [0.25, 0.3) is 0 Å². The van der Waals surface area contributed by atoms with Crippen LogP contribution in [0.1, 0.15) is 0 Å². The van der Waals surface area contributed by atoms with Crippen molar-refractivity contribution in [2.75, 3.05) is 0 Å². The maximum Gasteiger partial charge on any atom is 0.242 e. The van der Waals surface area contributed by atoms with E-state index in [4.69, 9.17) is 0 Å². The summed E-state index contributed by atoms with van der Waals surface area (Å²) in [4.78, 5) is 15.7. The number of hydrogen-bond acceptors (Lipinski definition) is 6. The number of fused-ring (bicyclic) bond motifs is 1. The lowest BCUT2D eigenvalue weighted by Crippen LogP contribution is -2.22. The lowest BCUT2D eigenvalue weighted by Gasteiger charge is -2.15. The first-order valence-electron chi connectivity index (χ1n) is 2.88. The van der Waals surface area contributed by atoms with Crippen LogP contribution in [0.3, 0.4) is 0 Å². The SMILES string of the molecule is SC1(S)N=CC2=NC=NC2=N1. The van der Waals surface area contributed by atoms with Crippen molar-refractivity contribution in [1.29, 1.82) is 0 Å². The van der Waals surface area contributed by atoms with Crippen molar-refractivity contribution >= 4 is 49.4 Å². The summed E-state index contributed by atoms with van der Waals surface area (Å²) < 4.78 is -0.976. The molecular formula is C5H4N4S2. The fourth-order valence-electron chi connectivity index (χ4n) is 0.766. The summed E-state index contributed by atoms with van der Waals surface area (Å²) in [5.41, 5.74) is 0.670. The van der Waals surface area contributed by atoms with Crippen molar-refractivity contribution in [3.63, 3.8) is 0 Å². The van der Waals surface area contributed by atoms with E-state index >= 15 is 0 Å². The second-order valence-corrected chi connectivity index (χ2v) is 3.65. The first-order chi connectivity index (χ1) is 5.17. The Bertz CT molecular complexity index is 312. The fourth-order valence-corrected chi connectivity index (χ4v) is 1.07. The molecule has 2 rings (SSSR count). The molecule has 0 spiro atoms. The molecule has 0 atom stereocenters. The number of rotatable bonds is 0. The predicted octanol–water partition coefficient (Wildman–Crippen LogP) is 0.423. The van der Waals surface area contributed by atoms with Crippen LogP contribution >= 0.6 is 25.3 Å². The normalized spacial score (nSPS) is 24.5. The summed E-state index contributed by atoms with van der Waals surface area (Å²) in [7, 11) is 0. The van der Waals surface area contributed by atoms with Crippen LogP contribution < -0.4 is 0 Å². The molecule has 0 aromatic carbocycles. The highest BCUT2D eigenvalue weighted by molar-refractivity contribution is 8.00. The molecule has 0 aliphatic carbocycles. The van der Waals surface area contributed by atoms with Crippen LogP contribution in [0, 0.1) is 0 Å². The van der Waals surface area contributed by atoms with Crippen LogP contribution in [-0.2, 0) is 0 Å². The Morgan fingerprint density at radius 3 is 3.00 bits per heavy atom. The van der Waals surface area contributed by atoms with E-state index in [9.17, 15) is 0 Å². The van der Waals surface area contributed by atoms with E-state index in [0.29, 0.717) is 11.5 Å². The summed E-state index contributed by atoms with van der Waals surface area (Å²) in [6, 6.07) is 0. The molecular weight excluding hydrogens is 180 g/mol. The summed E-state index contributed by atoms with van der Waals surface area (Å²) in [5.74, 6) is 0.546. The highest BCUT2D eigenvalue weighted by atomic mass is 32.2. The van der Waals surface area contributed by atoms with Crippen LogP contribution in [-0.4, -0.2) is 28.4 Å². The highest BCUT2D eigenvalue weighted by Crippen LogP contribution is 2.25. The molecule has 0 bridgehead atoms. The molecule has 0 amide bonds. The third-order valence-electron chi connectivity index (χ3n) is 1.22. The molecule has 4 nitrogen and oxygen atoms in total. The van der Waals surface area contributed by atoms with Crippen molar-refractivity contribution < 1.29 is 0 Å². The van der Waals surface area contributed by atoms with E-state index in [1.807, 2.05) is 0 Å². The summed E-state index contributed by atoms with van der Waals surface area (Å²) in [5, 5.41) is 0. The van der Waals surface area contributed by atoms with Crippen LogP contribution in [0.25, 0.3) is 0 Å². The summed E-state index contributed by atoms with van der Waals surface area (Å²) in [6.07, 6.45) is 3.00. The maximum atomic E-state index is 4.05. The van der Waals surface area contributed by atoms with Gasteiger partial charge in [-0.15, -0.1) is 25.3 Å². The minimum Gasteiger partial charge on any atom is -0.241 e. The Balaban J connectivity index is 2.45. The van der Waals surface area contributed by atoms with Crippen LogP contribution in [0.2, 0.25) is 0 Å². The van der Waals surface area contributed by atoms with Gasteiger partial charge in [0.15, 0.2) is 5.84 Å². The molecule has 11 heavy (non-hydrogen) atoms. The topological polar surface area (TPSA) is 49.4 Å². The van der Waals surface area contributed by atoms with Gasteiger partial charge in [0.2, 0.25) is 4.33 Å². The molecule has 0 saturated heterocycles. The quantitative estimate of drug-likeness (QED) is 0.405. The Hall–Kier alpha value is -0.620. The summed E-state index contributed by atoms with van der Waals surface area (Å²) >= 11 is 8.10. The van der Waals surface area contributed by atoms with Crippen molar-refractivity contribution in [1.82, 2.24) is 0 Å². The van der Waals surface area contributed by atoms with Gasteiger partial charge in [0.05, 0.1) is 6.21 Å². The molecule has 2 aliphatic heterocycles. The molecule has 2 heterocycles. The molecule has 0 unspecified atom stereocenters. The average Bonchev–Trinajstić information content (AvgIpc) is 2.31. The molecule has 6 heteroatoms. The number of nitrogens with zero attached hydrogens (tertiary/aromatic N) is 4. The van der Waals surface area contributed by atoms with Gasteiger partial charge in [-0.2, -0.15) is 0 Å². The van der Waals surface area contributed by atoms with Gasteiger partial charge in [-0.1, -0.05) is 0 Å². The van der Waals surface area contributed by atoms with Crippen molar-refractivity contribution in [2.45, 2.75) is 4.33 Å². The third kappa shape index (κ3) is 1.23. The van der Waals surface area contributed by atoms with Crippen LogP contribution in [0.5, 0.6) is 0 Å². The van der Waals surface area contributed by atoms with Crippen molar-refractivity contribution in [2.24, 2.45) is 20.0 Å². The van der Waals surface area contributed by atoms with Gasteiger partial charge in [-0.25, -0.2) is 20.0 Å². The van der Waals surface area contributed by atoms with Crippen molar-refractivity contribution in [3.8, 4) is 0 Å². The zero-order valence-corrected chi connectivity index (χ0v) is 7.13. The second-order valence-electron chi connectivity index (χ2n) is 2.05. The lowest BCUT2D eigenvalue weighted by molar-refractivity contribution is 0.935. The molecule has 0 saturated carbocycles. The van der Waals surface area contributed by atoms with Crippen LogP contribution in [0.15, 0.2) is 20.0 Å². The number of thiol groups is 2. The van der Waals surface area contributed by atoms with E-state index < -0.39 is 4.33 Å². The first kappa shape index (κ1) is 7.05. The van der Waals surface area contributed by atoms with Gasteiger partial charge in [0, 0.05) is 0 Å². The van der Waals surface area contributed by atoms with E-state index in [0.717, 1.165) is 0 Å². The van der Waals surface area contributed by atoms with E-state index in [1.54, 1.807) is 6.21 Å². The smallest absolute Gasteiger partial charge is 0.241 e. The van der Waals surface area contributed by atoms with Gasteiger partial charge in [-0.3, -0.25) is 0 Å². The van der Waals surface area contributed by atoms with Gasteiger partial charge >= 0.3 is 0 Å². The minimum absolute atomic E-state index is 0.546. The zero-order valence-electron chi connectivity index (χ0n) is 5.34. The molecule has 0 aromatic rings. The Labute approximate surface area is 74.1 Å². The molecule has 2 aliphatic rings. The van der Waals surface area contributed by atoms with Gasteiger partial charge < -0.3 is 0 Å². The predicted molar refractivity (Wildman–Crippen MR) is 52.6 cm³/mol. The van der Waals surface area contributed by atoms with Gasteiger partial charge in [0.1, 0.15) is 12.1 Å².